The summed E-state index contributed by atoms with van der Waals surface area (Å²) in [6, 6.07) is 5.93. The van der Waals surface area contributed by atoms with Gasteiger partial charge >= 0.3 is 0 Å². The predicted molar refractivity (Wildman–Crippen MR) is 59.7 cm³/mol. The van der Waals surface area contributed by atoms with Crippen LogP contribution < -0.4 is 10.5 Å². The third-order valence-corrected chi connectivity index (χ3v) is 2.21. The van der Waals surface area contributed by atoms with Gasteiger partial charge in [0.2, 0.25) is 0 Å². The number of aromatic nitrogens is 2. The second kappa shape index (κ2) is 3.65. The summed E-state index contributed by atoms with van der Waals surface area (Å²) < 4.78 is 5.26. The van der Waals surface area contributed by atoms with E-state index in [4.69, 9.17) is 10.5 Å². The smallest absolute Gasteiger partial charge is 0.142 e. The summed E-state index contributed by atoms with van der Waals surface area (Å²) in [7, 11) is 1.64. The molecule has 0 aliphatic rings. The van der Waals surface area contributed by atoms with Gasteiger partial charge in [-0.3, -0.25) is 0 Å². The Morgan fingerprint density at radius 3 is 2.80 bits per heavy atom. The van der Waals surface area contributed by atoms with Crippen LogP contribution in [0.3, 0.4) is 0 Å². The van der Waals surface area contributed by atoms with Crippen LogP contribution in [0.4, 0.5) is 5.82 Å². The molecule has 0 radical (unpaired) electrons. The van der Waals surface area contributed by atoms with E-state index in [0.717, 1.165) is 22.7 Å². The Morgan fingerprint density at radius 2 is 2.20 bits per heavy atom. The summed E-state index contributed by atoms with van der Waals surface area (Å²) in [4.78, 5) is 7.16. The van der Waals surface area contributed by atoms with Crippen molar-refractivity contribution in [2.24, 2.45) is 0 Å². The summed E-state index contributed by atoms with van der Waals surface area (Å²) >= 11 is 0. The number of H-pyrrole nitrogens is 1. The number of anilines is 1. The van der Waals surface area contributed by atoms with E-state index in [1.54, 1.807) is 13.3 Å². The maximum absolute atomic E-state index is 5.59. The summed E-state index contributed by atoms with van der Waals surface area (Å²) in [6.07, 6.45) is 1.59. The molecule has 4 nitrogen and oxygen atoms in total. The van der Waals surface area contributed by atoms with Crippen LogP contribution in [0.5, 0.6) is 5.75 Å². The van der Waals surface area contributed by atoms with Gasteiger partial charge in [0.25, 0.3) is 0 Å². The van der Waals surface area contributed by atoms with Crippen LogP contribution in [0.25, 0.3) is 11.4 Å². The van der Waals surface area contributed by atoms with E-state index in [0.29, 0.717) is 5.82 Å². The maximum Gasteiger partial charge on any atom is 0.142 e. The highest BCUT2D eigenvalue weighted by Crippen LogP contribution is 2.28. The number of ether oxygens (including phenoxy) is 1. The molecule has 0 unspecified atom stereocenters. The number of benzene rings is 1. The number of hydrogen-bond donors (Lipinski definition) is 2. The molecule has 0 aliphatic carbocycles. The minimum absolute atomic E-state index is 0.550. The topological polar surface area (TPSA) is 63.9 Å². The Labute approximate surface area is 88.1 Å². The van der Waals surface area contributed by atoms with E-state index in [1.807, 2.05) is 25.1 Å². The molecule has 4 heteroatoms. The van der Waals surface area contributed by atoms with E-state index >= 15 is 0 Å². The lowest BCUT2D eigenvalue weighted by Crippen LogP contribution is -1.90. The Balaban J connectivity index is 2.55. The first-order valence-corrected chi connectivity index (χ1v) is 4.66. The molecule has 15 heavy (non-hydrogen) atoms. The van der Waals surface area contributed by atoms with Crippen LogP contribution in [0.15, 0.2) is 24.4 Å². The van der Waals surface area contributed by atoms with Crippen LogP contribution in [0.1, 0.15) is 5.56 Å². The van der Waals surface area contributed by atoms with Crippen molar-refractivity contribution in [3.8, 4) is 17.1 Å². The third-order valence-electron chi connectivity index (χ3n) is 2.21. The van der Waals surface area contributed by atoms with E-state index in [9.17, 15) is 0 Å². The molecular formula is C11H13N3O. The first-order chi connectivity index (χ1) is 7.20. The normalized spacial score (nSPS) is 10.3. The molecule has 0 saturated heterocycles. The van der Waals surface area contributed by atoms with Gasteiger partial charge in [0.1, 0.15) is 17.4 Å². The van der Waals surface area contributed by atoms with Crippen molar-refractivity contribution in [2.45, 2.75) is 6.92 Å². The molecule has 1 heterocycles. The predicted octanol–water partition coefficient (Wildman–Crippen LogP) is 1.98. The zero-order chi connectivity index (χ0) is 10.8. The van der Waals surface area contributed by atoms with Gasteiger partial charge in [-0.25, -0.2) is 4.98 Å². The van der Waals surface area contributed by atoms with Crippen molar-refractivity contribution >= 4 is 5.82 Å². The van der Waals surface area contributed by atoms with E-state index in [1.165, 1.54) is 0 Å². The molecule has 0 aliphatic heterocycles. The Morgan fingerprint density at radius 1 is 1.40 bits per heavy atom. The summed E-state index contributed by atoms with van der Waals surface area (Å²) in [5.74, 6) is 2.07. The molecule has 0 bridgehead atoms. The van der Waals surface area contributed by atoms with Crippen molar-refractivity contribution in [3.63, 3.8) is 0 Å². The van der Waals surface area contributed by atoms with Gasteiger partial charge in [0.15, 0.2) is 0 Å². The van der Waals surface area contributed by atoms with Gasteiger partial charge in [0, 0.05) is 0 Å². The summed E-state index contributed by atoms with van der Waals surface area (Å²) in [5, 5.41) is 0. The molecule has 0 amide bonds. The maximum atomic E-state index is 5.59. The molecule has 2 aromatic rings. The number of aromatic amines is 1. The number of nitrogen functional groups attached to an aromatic ring is 1. The number of nitrogens with one attached hydrogen (secondary N) is 1. The molecule has 0 atom stereocenters. The lowest BCUT2D eigenvalue weighted by molar-refractivity contribution is 0.416. The molecule has 1 aromatic heterocycles. The molecule has 0 spiro atoms. The van der Waals surface area contributed by atoms with Crippen molar-refractivity contribution in [1.82, 2.24) is 9.97 Å². The molecule has 0 saturated carbocycles. The van der Waals surface area contributed by atoms with Crippen LogP contribution in [0, 0.1) is 6.92 Å². The zero-order valence-corrected chi connectivity index (χ0v) is 8.74. The number of hydrogen-bond acceptors (Lipinski definition) is 3. The van der Waals surface area contributed by atoms with Crippen LogP contribution >= 0.6 is 0 Å². The van der Waals surface area contributed by atoms with Gasteiger partial charge < -0.3 is 15.5 Å². The highest BCUT2D eigenvalue weighted by molar-refractivity contribution is 5.66. The monoisotopic (exact) mass is 203 g/mol. The number of aryl methyl sites for hydroxylation is 1. The van der Waals surface area contributed by atoms with Crippen molar-refractivity contribution in [3.05, 3.63) is 30.0 Å². The SMILES string of the molecule is COc1ccc(C)cc1-c1ncc(N)[nH]1. The van der Waals surface area contributed by atoms with Crippen LogP contribution in [0.2, 0.25) is 0 Å². The Hall–Kier alpha value is -1.97. The number of methoxy groups -OCH3 is 1. The van der Waals surface area contributed by atoms with Crippen molar-refractivity contribution < 1.29 is 4.74 Å². The second-order valence-corrected chi connectivity index (χ2v) is 3.39. The van der Waals surface area contributed by atoms with Gasteiger partial charge in [0.05, 0.1) is 18.9 Å². The fourth-order valence-corrected chi connectivity index (χ4v) is 1.48. The Bertz CT molecular complexity index is 476. The molecular weight excluding hydrogens is 190 g/mol. The largest absolute Gasteiger partial charge is 0.496 e. The lowest BCUT2D eigenvalue weighted by atomic mass is 10.1. The van der Waals surface area contributed by atoms with Gasteiger partial charge in [-0.1, -0.05) is 11.6 Å². The fraction of sp³-hybridized carbons (Fsp3) is 0.182. The summed E-state index contributed by atoms with van der Waals surface area (Å²) in [6.45, 7) is 2.02. The highest BCUT2D eigenvalue weighted by atomic mass is 16.5. The molecule has 78 valence electrons. The third kappa shape index (κ3) is 1.79. The van der Waals surface area contributed by atoms with Gasteiger partial charge in [-0.15, -0.1) is 0 Å². The number of imidazole rings is 1. The van der Waals surface area contributed by atoms with E-state index in [2.05, 4.69) is 9.97 Å². The van der Waals surface area contributed by atoms with Crippen LogP contribution in [-0.4, -0.2) is 17.1 Å². The van der Waals surface area contributed by atoms with Crippen LogP contribution in [-0.2, 0) is 0 Å². The number of nitrogens with two attached hydrogens (primary N) is 1. The van der Waals surface area contributed by atoms with Gasteiger partial charge in [-0.2, -0.15) is 0 Å². The van der Waals surface area contributed by atoms with E-state index < -0.39 is 0 Å². The lowest BCUT2D eigenvalue weighted by Gasteiger charge is -2.06. The molecule has 0 fully saturated rings. The van der Waals surface area contributed by atoms with Crippen molar-refractivity contribution in [2.75, 3.05) is 12.8 Å². The highest BCUT2D eigenvalue weighted by Gasteiger charge is 2.08. The Kier molecular flexibility index (Phi) is 2.33. The quantitative estimate of drug-likeness (QED) is 0.784. The zero-order valence-electron chi connectivity index (χ0n) is 8.74. The molecule has 2 rings (SSSR count). The van der Waals surface area contributed by atoms with Gasteiger partial charge in [-0.05, 0) is 19.1 Å². The summed E-state index contributed by atoms with van der Waals surface area (Å²) in [5.41, 5.74) is 7.67. The minimum Gasteiger partial charge on any atom is -0.496 e. The molecule has 1 aromatic carbocycles. The van der Waals surface area contributed by atoms with Crippen molar-refractivity contribution in [1.29, 1.82) is 0 Å². The first-order valence-electron chi connectivity index (χ1n) is 4.66. The number of nitrogens with zero attached hydrogens (tertiary/aromatic N) is 1. The fourth-order valence-electron chi connectivity index (χ4n) is 1.48. The first kappa shape index (κ1) is 9.58. The average molecular weight is 203 g/mol. The molecule has 3 N–H and O–H groups in total. The average Bonchev–Trinajstić information content (AvgIpc) is 2.65. The van der Waals surface area contributed by atoms with E-state index in [-0.39, 0.29) is 0 Å². The minimum atomic E-state index is 0.550. The number of rotatable bonds is 2. The standard InChI is InChI=1S/C11H13N3O/c1-7-3-4-9(15-2)8(5-7)11-13-6-10(12)14-11/h3-6H,12H2,1-2H3,(H,13,14). The second-order valence-electron chi connectivity index (χ2n) is 3.39.